The van der Waals surface area contributed by atoms with E-state index in [1.54, 1.807) is 6.07 Å². The third kappa shape index (κ3) is 4.00. The Labute approximate surface area is 161 Å². The molecule has 0 aliphatic carbocycles. The van der Waals surface area contributed by atoms with Gasteiger partial charge in [0.05, 0.1) is 10.7 Å². The molecule has 1 aliphatic heterocycles. The minimum atomic E-state index is -0.247. The summed E-state index contributed by atoms with van der Waals surface area (Å²) >= 11 is 13.9. The number of rotatable bonds is 4. The summed E-state index contributed by atoms with van der Waals surface area (Å²) in [5.41, 5.74) is 1.54. The second-order valence-corrected chi connectivity index (χ2v) is 8.39. The van der Waals surface area contributed by atoms with E-state index in [0.717, 1.165) is 29.1 Å². The van der Waals surface area contributed by atoms with Crippen LogP contribution in [0.2, 0.25) is 10.0 Å². The van der Waals surface area contributed by atoms with Crippen molar-refractivity contribution in [3.8, 4) is 0 Å². The number of thiazole rings is 1. The third-order valence-corrected chi connectivity index (χ3v) is 6.27. The second kappa shape index (κ2) is 7.62. The molecule has 1 aromatic heterocycles. The fourth-order valence-corrected chi connectivity index (χ4v) is 4.74. The molecule has 4 nitrogen and oxygen atoms in total. The molecule has 0 atom stereocenters. The Balaban J connectivity index is 1.84. The molecule has 1 fully saturated rings. The van der Waals surface area contributed by atoms with Crippen molar-refractivity contribution >= 4 is 40.4 Å². The van der Waals surface area contributed by atoms with E-state index in [0.29, 0.717) is 34.7 Å². The summed E-state index contributed by atoms with van der Waals surface area (Å²) in [6.07, 6.45) is 1.60. The summed E-state index contributed by atoms with van der Waals surface area (Å²) in [4.78, 5) is 17.6. The number of halogens is 2. The first-order chi connectivity index (χ1) is 11.9. The van der Waals surface area contributed by atoms with Crippen LogP contribution in [0, 0.1) is 13.8 Å². The van der Waals surface area contributed by atoms with Gasteiger partial charge in [-0.25, -0.2) is 4.98 Å². The first-order valence-corrected chi connectivity index (χ1v) is 9.74. The number of amides is 1. The van der Waals surface area contributed by atoms with Gasteiger partial charge < -0.3 is 10.1 Å². The highest BCUT2D eigenvalue weighted by Gasteiger charge is 2.36. The Morgan fingerprint density at radius 1 is 1.32 bits per heavy atom. The Kier molecular flexibility index (Phi) is 5.68. The smallest absolute Gasteiger partial charge is 0.263 e. The lowest BCUT2D eigenvalue weighted by Crippen LogP contribution is -2.44. The van der Waals surface area contributed by atoms with Gasteiger partial charge in [0, 0.05) is 35.2 Å². The van der Waals surface area contributed by atoms with Crippen LogP contribution in [0.15, 0.2) is 18.2 Å². The minimum absolute atomic E-state index is 0.0842. The molecule has 2 heterocycles. The highest BCUT2D eigenvalue weighted by molar-refractivity contribution is 7.13. The third-order valence-electron chi connectivity index (χ3n) is 4.65. The van der Waals surface area contributed by atoms with Crippen LogP contribution < -0.4 is 5.32 Å². The van der Waals surface area contributed by atoms with E-state index in [-0.39, 0.29) is 11.3 Å². The zero-order valence-electron chi connectivity index (χ0n) is 14.2. The quantitative estimate of drug-likeness (QED) is 0.821. The van der Waals surface area contributed by atoms with Gasteiger partial charge >= 0.3 is 0 Å². The number of ether oxygens (including phenoxy) is 1. The van der Waals surface area contributed by atoms with Crippen molar-refractivity contribution < 1.29 is 9.53 Å². The zero-order valence-corrected chi connectivity index (χ0v) is 16.5. The van der Waals surface area contributed by atoms with Crippen molar-refractivity contribution in [1.82, 2.24) is 10.3 Å². The molecule has 0 bridgehead atoms. The average Bonchev–Trinajstić information content (AvgIpc) is 2.92. The molecule has 2 aromatic rings. The summed E-state index contributed by atoms with van der Waals surface area (Å²) in [7, 11) is 0. The minimum Gasteiger partial charge on any atom is -0.381 e. The number of nitrogens with zero attached hydrogens (tertiary/aromatic N) is 1. The molecule has 1 saturated heterocycles. The Morgan fingerprint density at radius 3 is 2.64 bits per heavy atom. The van der Waals surface area contributed by atoms with Crippen LogP contribution >= 0.6 is 34.5 Å². The van der Waals surface area contributed by atoms with Gasteiger partial charge in [0.25, 0.3) is 5.91 Å². The molecular weight excluding hydrogens is 379 g/mol. The van der Waals surface area contributed by atoms with E-state index >= 15 is 0 Å². The molecule has 1 amide bonds. The normalized spacial score (nSPS) is 16.6. The number of carbonyl (C=O) groups excluding carboxylic acids is 1. The highest BCUT2D eigenvalue weighted by atomic mass is 35.5. The lowest BCUT2D eigenvalue weighted by Gasteiger charge is -2.38. The lowest BCUT2D eigenvalue weighted by atomic mass is 9.74. The van der Waals surface area contributed by atoms with Gasteiger partial charge in [-0.15, -0.1) is 11.3 Å². The van der Waals surface area contributed by atoms with Gasteiger partial charge in [-0.3, -0.25) is 4.79 Å². The second-order valence-electron chi connectivity index (χ2n) is 6.35. The number of hydrogen-bond acceptors (Lipinski definition) is 4. The van der Waals surface area contributed by atoms with Crippen LogP contribution in [-0.4, -0.2) is 30.6 Å². The Morgan fingerprint density at radius 2 is 2.04 bits per heavy atom. The van der Waals surface area contributed by atoms with Crippen molar-refractivity contribution in [2.75, 3.05) is 19.8 Å². The largest absolute Gasteiger partial charge is 0.381 e. The predicted octanol–water partition coefficient (Wildman–Crippen LogP) is 4.54. The van der Waals surface area contributed by atoms with E-state index in [4.69, 9.17) is 27.9 Å². The van der Waals surface area contributed by atoms with Crippen molar-refractivity contribution in [3.05, 3.63) is 49.4 Å². The van der Waals surface area contributed by atoms with Gasteiger partial charge in [0.15, 0.2) is 0 Å². The van der Waals surface area contributed by atoms with Crippen molar-refractivity contribution in [1.29, 1.82) is 0 Å². The summed E-state index contributed by atoms with van der Waals surface area (Å²) in [5.74, 6) is -0.0842. The van der Waals surface area contributed by atoms with Crippen LogP contribution in [0.4, 0.5) is 0 Å². The van der Waals surface area contributed by atoms with Crippen LogP contribution in [0.1, 0.15) is 38.8 Å². The molecule has 0 unspecified atom stereocenters. The maximum absolute atomic E-state index is 12.6. The SMILES string of the molecule is Cc1nc(C)c(C(=O)NCC2(c3ccc(Cl)cc3Cl)CCOCC2)s1. The molecule has 25 heavy (non-hydrogen) atoms. The first-order valence-electron chi connectivity index (χ1n) is 8.17. The molecular formula is C18H20Cl2N2O2S. The Bertz CT molecular complexity index is 785. The molecule has 3 rings (SSSR count). The summed E-state index contributed by atoms with van der Waals surface area (Å²) in [6.45, 7) is 5.56. The summed E-state index contributed by atoms with van der Waals surface area (Å²) in [5, 5.41) is 5.22. The van der Waals surface area contributed by atoms with Gasteiger partial charge in [-0.2, -0.15) is 0 Å². The summed E-state index contributed by atoms with van der Waals surface area (Å²) < 4.78 is 5.53. The fraction of sp³-hybridized carbons (Fsp3) is 0.444. The molecule has 1 N–H and O–H groups in total. The summed E-state index contributed by atoms with van der Waals surface area (Å²) in [6, 6.07) is 5.57. The molecule has 0 radical (unpaired) electrons. The van der Waals surface area contributed by atoms with Gasteiger partial charge in [0.2, 0.25) is 0 Å². The molecule has 7 heteroatoms. The average molecular weight is 399 g/mol. The van der Waals surface area contributed by atoms with Gasteiger partial charge in [-0.05, 0) is 44.4 Å². The number of aromatic nitrogens is 1. The van der Waals surface area contributed by atoms with Crippen molar-refractivity contribution in [2.45, 2.75) is 32.1 Å². The van der Waals surface area contributed by atoms with Gasteiger partial charge in [0.1, 0.15) is 4.88 Å². The highest BCUT2D eigenvalue weighted by Crippen LogP contribution is 2.39. The topological polar surface area (TPSA) is 51.2 Å². The number of carbonyl (C=O) groups is 1. The molecule has 134 valence electrons. The van der Waals surface area contributed by atoms with Crippen molar-refractivity contribution in [3.63, 3.8) is 0 Å². The number of hydrogen-bond donors (Lipinski definition) is 1. The number of benzene rings is 1. The molecule has 1 aliphatic rings. The predicted molar refractivity (Wildman–Crippen MR) is 102 cm³/mol. The van der Waals surface area contributed by atoms with Crippen LogP contribution in [0.25, 0.3) is 0 Å². The molecule has 0 saturated carbocycles. The lowest BCUT2D eigenvalue weighted by molar-refractivity contribution is 0.0488. The maximum Gasteiger partial charge on any atom is 0.263 e. The number of aryl methyl sites for hydroxylation is 2. The van der Waals surface area contributed by atoms with E-state index in [9.17, 15) is 4.79 Å². The number of nitrogens with one attached hydrogen (secondary N) is 1. The monoisotopic (exact) mass is 398 g/mol. The van der Waals surface area contributed by atoms with Gasteiger partial charge in [-0.1, -0.05) is 29.3 Å². The first kappa shape index (κ1) is 18.6. The van der Waals surface area contributed by atoms with E-state index in [2.05, 4.69) is 10.3 Å². The van der Waals surface area contributed by atoms with Crippen LogP contribution in [0.3, 0.4) is 0 Å². The van der Waals surface area contributed by atoms with E-state index < -0.39 is 0 Å². The molecule has 1 aromatic carbocycles. The van der Waals surface area contributed by atoms with Crippen LogP contribution in [-0.2, 0) is 10.2 Å². The fourth-order valence-electron chi connectivity index (χ4n) is 3.29. The zero-order chi connectivity index (χ0) is 18.0. The van der Waals surface area contributed by atoms with E-state index in [1.807, 2.05) is 26.0 Å². The van der Waals surface area contributed by atoms with E-state index in [1.165, 1.54) is 11.3 Å². The van der Waals surface area contributed by atoms with Crippen molar-refractivity contribution in [2.24, 2.45) is 0 Å². The van der Waals surface area contributed by atoms with Crippen LogP contribution in [0.5, 0.6) is 0 Å². The Hall–Kier alpha value is -1.14. The standard InChI is InChI=1S/C18H20Cl2N2O2S/c1-11-16(25-12(2)22-11)17(23)21-10-18(5-7-24-8-6-18)14-4-3-13(19)9-15(14)20/h3-4,9H,5-8,10H2,1-2H3,(H,21,23). The maximum atomic E-state index is 12.6. The molecule has 0 spiro atoms.